The Morgan fingerprint density at radius 1 is 1.33 bits per heavy atom. The first-order valence-electron chi connectivity index (χ1n) is 6.20. The van der Waals surface area contributed by atoms with Gasteiger partial charge in [-0.25, -0.2) is 4.79 Å². The summed E-state index contributed by atoms with van der Waals surface area (Å²) >= 11 is 3.38. The zero-order valence-electron chi connectivity index (χ0n) is 11.1. The zero-order valence-corrected chi connectivity index (χ0v) is 12.7. The number of benzene rings is 1. The van der Waals surface area contributed by atoms with E-state index in [9.17, 15) is 9.90 Å². The highest BCUT2D eigenvalue weighted by Gasteiger charge is 2.20. The number of carbonyl (C=O) groups is 1. The molecular weight excluding hydrogens is 336 g/mol. The van der Waals surface area contributed by atoms with Crippen LogP contribution in [0.25, 0.3) is 5.65 Å². The van der Waals surface area contributed by atoms with E-state index in [0.717, 1.165) is 10.0 Å². The summed E-state index contributed by atoms with van der Waals surface area (Å²) in [7, 11) is 0. The number of aryl methyl sites for hydroxylation is 1. The predicted octanol–water partition coefficient (Wildman–Crippen LogP) is 3.90. The second-order valence-corrected chi connectivity index (χ2v) is 5.43. The zero-order chi connectivity index (χ0) is 15.0. The Bertz CT molecular complexity index is 842. The lowest BCUT2D eigenvalue weighted by atomic mass is 10.2. The van der Waals surface area contributed by atoms with E-state index in [-0.39, 0.29) is 11.6 Å². The molecule has 0 bridgehead atoms. The van der Waals surface area contributed by atoms with Crippen molar-refractivity contribution in [2.45, 2.75) is 6.92 Å². The summed E-state index contributed by atoms with van der Waals surface area (Å²) < 4.78 is 8.13. The lowest BCUT2D eigenvalue weighted by Crippen LogP contribution is -2.03. The molecule has 0 radical (unpaired) electrons. The molecule has 0 fully saturated rings. The summed E-state index contributed by atoms with van der Waals surface area (Å²) in [4.78, 5) is 15.7. The highest BCUT2D eigenvalue weighted by molar-refractivity contribution is 9.10. The molecule has 21 heavy (non-hydrogen) atoms. The van der Waals surface area contributed by atoms with E-state index >= 15 is 0 Å². The average molecular weight is 347 g/mol. The van der Waals surface area contributed by atoms with Gasteiger partial charge in [-0.1, -0.05) is 22.0 Å². The highest BCUT2D eigenvalue weighted by Crippen LogP contribution is 2.29. The van der Waals surface area contributed by atoms with Gasteiger partial charge in [-0.3, -0.25) is 4.40 Å². The van der Waals surface area contributed by atoms with Crippen LogP contribution in [0.5, 0.6) is 11.6 Å². The Morgan fingerprint density at radius 2 is 2.14 bits per heavy atom. The van der Waals surface area contributed by atoms with Crippen molar-refractivity contribution in [1.29, 1.82) is 0 Å². The normalized spacial score (nSPS) is 10.8. The molecule has 0 spiro atoms. The minimum Gasteiger partial charge on any atom is -0.476 e. The van der Waals surface area contributed by atoms with Crippen LogP contribution in [-0.4, -0.2) is 20.5 Å². The van der Waals surface area contributed by atoms with E-state index in [2.05, 4.69) is 20.9 Å². The van der Waals surface area contributed by atoms with Crippen LogP contribution in [0.1, 0.15) is 16.1 Å². The van der Waals surface area contributed by atoms with Gasteiger partial charge in [-0.2, -0.15) is 4.98 Å². The summed E-state index contributed by atoms with van der Waals surface area (Å²) in [5, 5.41) is 9.40. The molecule has 106 valence electrons. The van der Waals surface area contributed by atoms with Crippen molar-refractivity contribution in [2.75, 3.05) is 0 Å². The maximum Gasteiger partial charge on any atom is 0.358 e. The van der Waals surface area contributed by atoms with Gasteiger partial charge in [0.25, 0.3) is 5.88 Å². The van der Waals surface area contributed by atoms with Crippen molar-refractivity contribution in [3.63, 3.8) is 0 Å². The molecule has 3 aromatic rings. The first kappa shape index (κ1) is 13.6. The number of carboxylic acid groups (broad SMARTS) is 1. The van der Waals surface area contributed by atoms with E-state index < -0.39 is 5.97 Å². The van der Waals surface area contributed by atoms with Gasteiger partial charge in [0.05, 0.1) is 0 Å². The first-order chi connectivity index (χ1) is 10.1. The molecule has 0 amide bonds. The number of hydrogen-bond donors (Lipinski definition) is 1. The molecule has 0 aliphatic rings. The van der Waals surface area contributed by atoms with Gasteiger partial charge in [0.15, 0.2) is 5.69 Å². The Hall–Kier alpha value is -2.34. The number of aromatic nitrogens is 2. The summed E-state index contributed by atoms with van der Waals surface area (Å²) in [5.74, 6) is -0.429. The smallest absolute Gasteiger partial charge is 0.358 e. The molecular formula is C15H11BrN2O3. The van der Waals surface area contributed by atoms with Crippen molar-refractivity contribution in [1.82, 2.24) is 9.38 Å². The van der Waals surface area contributed by atoms with Gasteiger partial charge >= 0.3 is 5.97 Å². The van der Waals surface area contributed by atoms with E-state index in [0.29, 0.717) is 11.4 Å². The fourth-order valence-corrected chi connectivity index (χ4v) is 2.55. The number of nitrogens with zero attached hydrogens (tertiary/aromatic N) is 2. The van der Waals surface area contributed by atoms with Crippen molar-refractivity contribution >= 4 is 27.5 Å². The van der Waals surface area contributed by atoms with Crippen LogP contribution in [0, 0.1) is 6.92 Å². The summed E-state index contributed by atoms with van der Waals surface area (Å²) in [6.07, 6.45) is 1.65. The van der Waals surface area contributed by atoms with Gasteiger partial charge in [0, 0.05) is 10.7 Å². The van der Waals surface area contributed by atoms with Crippen LogP contribution < -0.4 is 4.74 Å². The fraction of sp³-hybridized carbons (Fsp3) is 0.0667. The number of imidazole rings is 1. The van der Waals surface area contributed by atoms with Crippen molar-refractivity contribution < 1.29 is 14.6 Å². The Labute approximate surface area is 128 Å². The van der Waals surface area contributed by atoms with E-state index in [4.69, 9.17) is 4.74 Å². The second kappa shape index (κ2) is 5.21. The molecule has 1 N–H and O–H groups in total. The third-order valence-corrected chi connectivity index (χ3v) is 3.54. The van der Waals surface area contributed by atoms with E-state index in [1.165, 1.54) is 4.40 Å². The molecule has 6 heteroatoms. The second-order valence-electron chi connectivity index (χ2n) is 4.51. The van der Waals surface area contributed by atoms with Crippen molar-refractivity contribution in [3.05, 3.63) is 58.3 Å². The number of ether oxygens (including phenoxy) is 1. The standard InChI is InChI=1S/C15H11BrN2O3/c1-9-8-10(16)5-6-11(9)21-14-13(15(19)20)18-7-3-2-4-12(18)17-14/h2-8H,1H3,(H,19,20). The van der Waals surface area contributed by atoms with Crippen LogP contribution in [0.4, 0.5) is 0 Å². The number of pyridine rings is 1. The molecule has 2 aromatic heterocycles. The largest absolute Gasteiger partial charge is 0.476 e. The third kappa shape index (κ3) is 2.50. The maximum absolute atomic E-state index is 11.5. The highest BCUT2D eigenvalue weighted by atomic mass is 79.9. The molecule has 0 saturated carbocycles. The Kier molecular flexibility index (Phi) is 3.39. The molecule has 0 aliphatic heterocycles. The van der Waals surface area contributed by atoms with Crippen molar-refractivity contribution in [3.8, 4) is 11.6 Å². The SMILES string of the molecule is Cc1cc(Br)ccc1Oc1nc2ccccn2c1C(=O)O. The van der Waals surface area contributed by atoms with Crippen molar-refractivity contribution in [2.24, 2.45) is 0 Å². The maximum atomic E-state index is 11.5. The van der Waals surface area contributed by atoms with Crippen LogP contribution in [0.15, 0.2) is 47.1 Å². The topological polar surface area (TPSA) is 63.8 Å². The van der Waals surface area contributed by atoms with Crippen LogP contribution in [-0.2, 0) is 0 Å². The monoisotopic (exact) mass is 346 g/mol. The lowest BCUT2D eigenvalue weighted by Gasteiger charge is -2.07. The van der Waals surface area contributed by atoms with Crippen LogP contribution in [0.3, 0.4) is 0 Å². The fourth-order valence-electron chi connectivity index (χ4n) is 2.07. The predicted molar refractivity (Wildman–Crippen MR) is 81.1 cm³/mol. The van der Waals surface area contributed by atoms with E-state index in [1.807, 2.05) is 19.1 Å². The van der Waals surface area contributed by atoms with Gasteiger partial charge in [-0.05, 0) is 42.8 Å². The summed E-state index contributed by atoms with van der Waals surface area (Å²) in [6.45, 7) is 1.89. The van der Waals surface area contributed by atoms with E-state index in [1.54, 1.807) is 30.5 Å². The molecule has 1 aromatic carbocycles. The summed E-state index contributed by atoms with van der Waals surface area (Å²) in [5.41, 5.74) is 1.42. The van der Waals surface area contributed by atoms with Gasteiger partial charge in [0.2, 0.25) is 0 Å². The summed E-state index contributed by atoms with van der Waals surface area (Å²) in [6, 6.07) is 10.8. The molecule has 0 aliphatic carbocycles. The number of rotatable bonds is 3. The Morgan fingerprint density at radius 3 is 2.86 bits per heavy atom. The van der Waals surface area contributed by atoms with Gasteiger partial charge < -0.3 is 9.84 Å². The van der Waals surface area contributed by atoms with Gasteiger partial charge in [-0.15, -0.1) is 0 Å². The lowest BCUT2D eigenvalue weighted by molar-refractivity contribution is 0.0686. The number of hydrogen-bond acceptors (Lipinski definition) is 3. The molecule has 0 unspecified atom stereocenters. The van der Waals surface area contributed by atoms with Crippen LogP contribution in [0.2, 0.25) is 0 Å². The minimum atomic E-state index is -1.08. The molecule has 2 heterocycles. The quantitative estimate of drug-likeness (QED) is 0.781. The molecule has 3 rings (SSSR count). The molecule has 5 nitrogen and oxygen atoms in total. The number of fused-ring (bicyclic) bond motifs is 1. The van der Waals surface area contributed by atoms with Crippen LogP contribution >= 0.6 is 15.9 Å². The number of aromatic carboxylic acids is 1. The minimum absolute atomic E-state index is 0.00733. The Balaban J connectivity index is 2.12. The number of halogens is 1. The average Bonchev–Trinajstić information content (AvgIpc) is 2.80. The molecule has 0 saturated heterocycles. The first-order valence-corrected chi connectivity index (χ1v) is 7.00. The molecule has 0 atom stereocenters. The third-order valence-electron chi connectivity index (χ3n) is 3.04. The van der Waals surface area contributed by atoms with Gasteiger partial charge in [0.1, 0.15) is 11.4 Å². The number of carboxylic acids is 1.